The highest BCUT2D eigenvalue weighted by atomic mass is 15.2. The average molecular weight is 566 g/mol. The molecule has 0 N–H and O–H groups in total. The summed E-state index contributed by atoms with van der Waals surface area (Å²) in [4.78, 5) is 20.3. The highest BCUT2D eigenvalue weighted by Crippen LogP contribution is 2.53. The minimum Gasteiger partial charge on any atom is -0.275 e. The van der Waals surface area contributed by atoms with Crippen LogP contribution in [0.15, 0.2) is 128 Å². The number of hydrogen-bond acceptors (Lipinski definition) is 4. The first-order valence-corrected chi connectivity index (χ1v) is 14.9. The van der Waals surface area contributed by atoms with Gasteiger partial charge in [-0.25, -0.2) is 4.98 Å². The first-order valence-electron chi connectivity index (χ1n) is 14.9. The Balaban J connectivity index is 1.48. The minimum atomic E-state index is -0.238. The summed E-state index contributed by atoms with van der Waals surface area (Å²) in [7, 11) is 0. The monoisotopic (exact) mass is 565 g/mol. The van der Waals surface area contributed by atoms with E-state index < -0.39 is 0 Å². The van der Waals surface area contributed by atoms with Crippen molar-refractivity contribution in [1.29, 1.82) is 0 Å². The minimum absolute atomic E-state index is 0.238. The smallest absolute Gasteiger partial charge is 0.238 e. The third-order valence-corrected chi connectivity index (χ3v) is 9.07. The van der Waals surface area contributed by atoms with E-state index in [9.17, 15) is 0 Å². The molecule has 0 bridgehead atoms. The fourth-order valence-electron chi connectivity index (χ4n) is 7.08. The Morgan fingerprint density at radius 3 is 1.91 bits per heavy atom. The largest absolute Gasteiger partial charge is 0.275 e. The Bertz CT molecular complexity index is 2350. The number of benzene rings is 5. The van der Waals surface area contributed by atoms with Gasteiger partial charge in [-0.2, -0.15) is 9.97 Å². The second kappa shape index (κ2) is 9.16. The summed E-state index contributed by atoms with van der Waals surface area (Å²) in [6.45, 7) is 4.65. The zero-order chi connectivity index (χ0) is 29.4. The second-order valence-electron chi connectivity index (χ2n) is 11.9. The number of rotatable bonds is 3. The quantitative estimate of drug-likeness (QED) is 0.214. The fourth-order valence-corrected chi connectivity index (χ4v) is 7.08. The van der Waals surface area contributed by atoms with Crippen LogP contribution in [0.2, 0.25) is 0 Å². The average Bonchev–Trinajstić information content (AvgIpc) is 3.54. The molecule has 9 rings (SSSR count). The predicted molar refractivity (Wildman–Crippen MR) is 178 cm³/mol. The molecule has 44 heavy (non-hydrogen) atoms. The van der Waals surface area contributed by atoms with Crippen molar-refractivity contribution in [2.24, 2.45) is 0 Å². The molecule has 5 aromatic carbocycles. The molecular weight excluding hydrogens is 538 g/mol. The summed E-state index contributed by atoms with van der Waals surface area (Å²) < 4.78 is 2.26. The molecule has 0 atom stereocenters. The molecule has 0 aliphatic heterocycles. The molecule has 1 aliphatic carbocycles. The summed E-state index contributed by atoms with van der Waals surface area (Å²) in [5, 5.41) is 3.36. The van der Waals surface area contributed by atoms with E-state index in [1.54, 1.807) is 0 Å². The molecule has 0 amide bonds. The summed E-state index contributed by atoms with van der Waals surface area (Å²) in [6, 6.07) is 42.1. The lowest BCUT2D eigenvalue weighted by Gasteiger charge is -2.23. The van der Waals surface area contributed by atoms with Crippen LogP contribution in [0.3, 0.4) is 0 Å². The van der Waals surface area contributed by atoms with Gasteiger partial charge < -0.3 is 0 Å². The van der Waals surface area contributed by atoms with Crippen LogP contribution in [0.1, 0.15) is 25.0 Å². The molecule has 0 spiro atoms. The standard InChI is InChI=1S/C39H27N5/c1-39(2)31-18-10-9-17-27(31)28-21-22-29-30-20-19-24-16-11-23-40-33(24)35(30)44(34(29)32(28)39)38-42-36(25-12-5-3-6-13-25)41-37(43-38)26-14-7-4-8-15-26/h3-23H,1-2H3. The van der Waals surface area contributed by atoms with Crippen molar-refractivity contribution < 1.29 is 0 Å². The van der Waals surface area contributed by atoms with Gasteiger partial charge in [0, 0.05) is 38.9 Å². The van der Waals surface area contributed by atoms with Gasteiger partial charge in [0.15, 0.2) is 11.6 Å². The molecule has 5 nitrogen and oxygen atoms in total. The van der Waals surface area contributed by atoms with E-state index in [1.165, 1.54) is 22.3 Å². The van der Waals surface area contributed by atoms with Crippen molar-refractivity contribution in [3.05, 3.63) is 139 Å². The summed E-state index contributed by atoms with van der Waals surface area (Å²) in [5.41, 5.74) is 9.81. The lowest BCUT2D eigenvalue weighted by atomic mass is 9.81. The summed E-state index contributed by atoms with van der Waals surface area (Å²) in [5.74, 6) is 1.84. The van der Waals surface area contributed by atoms with Crippen molar-refractivity contribution >= 4 is 32.7 Å². The molecule has 0 unspecified atom stereocenters. The summed E-state index contributed by atoms with van der Waals surface area (Å²) in [6.07, 6.45) is 1.87. The van der Waals surface area contributed by atoms with Crippen molar-refractivity contribution in [2.45, 2.75) is 19.3 Å². The Morgan fingerprint density at radius 1 is 0.545 bits per heavy atom. The van der Waals surface area contributed by atoms with E-state index >= 15 is 0 Å². The maximum Gasteiger partial charge on any atom is 0.238 e. The van der Waals surface area contributed by atoms with Crippen LogP contribution >= 0.6 is 0 Å². The number of hydrogen-bond donors (Lipinski definition) is 0. The molecule has 3 heterocycles. The van der Waals surface area contributed by atoms with Gasteiger partial charge in [0.1, 0.15) is 0 Å². The lowest BCUT2D eigenvalue weighted by Crippen LogP contribution is -2.17. The van der Waals surface area contributed by atoms with E-state index in [1.807, 2.05) is 72.9 Å². The molecule has 0 saturated carbocycles. The number of aromatic nitrogens is 5. The molecule has 3 aromatic heterocycles. The number of nitrogens with zero attached hydrogens (tertiary/aromatic N) is 5. The molecule has 1 aliphatic rings. The van der Waals surface area contributed by atoms with E-state index in [0.717, 1.165) is 43.8 Å². The Labute approximate surface area is 254 Å². The van der Waals surface area contributed by atoms with Gasteiger partial charge in [0.25, 0.3) is 0 Å². The fraction of sp³-hybridized carbons (Fsp3) is 0.0769. The molecule has 208 valence electrons. The zero-order valence-electron chi connectivity index (χ0n) is 24.4. The van der Waals surface area contributed by atoms with Gasteiger partial charge >= 0.3 is 0 Å². The van der Waals surface area contributed by atoms with Crippen molar-refractivity contribution in [3.8, 4) is 39.9 Å². The van der Waals surface area contributed by atoms with Crippen LogP contribution in [-0.2, 0) is 5.41 Å². The van der Waals surface area contributed by atoms with Crippen molar-refractivity contribution in [1.82, 2.24) is 24.5 Å². The Kier molecular flexibility index (Phi) is 5.18. The SMILES string of the molecule is CC1(C)c2ccccc2-c2ccc3c4ccc5cccnc5c4n(-c4nc(-c5ccccc5)nc(-c5ccccc5)n4)c3c21. The van der Waals surface area contributed by atoms with Crippen LogP contribution in [0.4, 0.5) is 0 Å². The normalized spacial score (nSPS) is 13.4. The molecule has 0 saturated heterocycles. The third-order valence-electron chi connectivity index (χ3n) is 9.07. The maximum absolute atomic E-state index is 5.21. The van der Waals surface area contributed by atoms with Gasteiger partial charge in [0.2, 0.25) is 5.95 Å². The lowest BCUT2D eigenvalue weighted by molar-refractivity contribution is 0.663. The highest BCUT2D eigenvalue weighted by Gasteiger charge is 2.39. The van der Waals surface area contributed by atoms with Gasteiger partial charge in [0.05, 0.1) is 16.6 Å². The molecule has 5 heteroatoms. The first kappa shape index (κ1) is 24.9. The number of pyridine rings is 1. The van der Waals surface area contributed by atoms with Crippen LogP contribution in [-0.4, -0.2) is 24.5 Å². The van der Waals surface area contributed by atoms with Crippen LogP contribution in [0.5, 0.6) is 0 Å². The predicted octanol–water partition coefficient (Wildman–Crippen LogP) is 9.16. The maximum atomic E-state index is 5.21. The zero-order valence-corrected chi connectivity index (χ0v) is 24.4. The highest BCUT2D eigenvalue weighted by molar-refractivity contribution is 6.19. The van der Waals surface area contributed by atoms with Crippen LogP contribution in [0.25, 0.3) is 72.6 Å². The van der Waals surface area contributed by atoms with E-state index in [-0.39, 0.29) is 5.41 Å². The summed E-state index contributed by atoms with van der Waals surface area (Å²) >= 11 is 0. The second-order valence-corrected chi connectivity index (χ2v) is 11.9. The van der Waals surface area contributed by atoms with Gasteiger partial charge in [-0.3, -0.25) is 9.55 Å². The first-order chi connectivity index (χ1) is 21.6. The van der Waals surface area contributed by atoms with Gasteiger partial charge in [-0.05, 0) is 28.3 Å². The Hall–Kier alpha value is -5.68. The van der Waals surface area contributed by atoms with Crippen molar-refractivity contribution in [3.63, 3.8) is 0 Å². The van der Waals surface area contributed by atoms with Crippen LogP contribution < -0.4 is 0 Å². The van der Waals surface area contributed by atoms with Crippen molar-refractivity contribution in [2.75, 3.05) is 0 Å². The topological polar surface area (TPSA) is 56.5 Å². The molecular formula is C39H27N5. The van der Waals surface area contributed by atoms with E-state index in [4.69, 9.17) is 19.9 Å². The molecule has 0 fully saturated rings. The van der Waals surface area contributed by atoms with Gasteiger partial charge in [-0.15, -0.1) is 0 Å². The van der Waals surface area contributed by atoms with E-state index in [0.29, 0.717) is 17.6 Å². The number of fused-ring (bicyclic) bond motifs is 9. The molecule has 8 aromatic rings. The molecule has 0 radical (unpaired) electrons. The Morgan fingerprint density at radius 2 is 1.18 bits per heavy atom. The van der Waals surface area contributed by atoms with Crippen LogP contribution in [0, 0.1) is 0 Å². The van der Waals surface area contributed by atoms with E-state index in [2.05, 4.69) is 73.0 Å². The van der Waals surface area contributed by atoms with Gasteiger partial charge in [-0.1, -0.05) is 129 Å². The third kappa shape index (κ3) is 3.47.